The van der Waals surface area contributed by atoms with Gasteiger partial charge in [0.25, 0.3) is 0 Å². The van der Waals surface area contributed by atoms with Gasteiger partial charge in [0.05, 0.1) is 17.7 Å². The third-order valence-corrected chi connectivity index (χ3v) is 3.87. The number of nitrogen functional groups attached to an aromatic ring is 1. The van der Waals surface area contributed by atoms with Gasteiger partial charge in [-0.15, -0.1) is 0 Å². The van der Waals surface area contributed by atoms with Crippen LogP contribution in [-0.4, -0.2) is 28.3 Å². The topological polar surface area (TPSA) is 113 Å². The molecule has 0 saturated heterocycles. The minimum absolute atomic E-state index is 0.00746. The average Bonchev–Trinajstić information content (AvgIpc) is 3.10. The Hall–Kier alpha value is -2.90. The molecule has 0 unspecified atom stereocenters. The van der Waals surface area contributed by atoms with Crippen molar-refractivity contribution in [3.05, 3.63) is 42.2 Å². The molecule has 2 amide bonds. The number of carbonyl (C=O) groups is 2. The third-order valence-electron chi connectivity index (χ3n) is 3.87. The van der Waals surface area contributed by atoms with Gasteiger partial charge < -0.3 is 21.4 Å². The Bertz CT molecular complexity index is 718. The number of imidazole rings is 1. The fourth-order valence-electron chi connectivity index (χ4n) is 2.45. The first-order valence-corrected chi connectivity index (χ1v) is 8.63. The van der Waals surface area contributed by atoms with E-state index in [4.69, 9.17) is 5.73 Å². The molecule has 0 aliphatic rings. The van der Waals surface area contributed by atoms with E-state index in [2.05, 4.69) is 20.6 Å². The number of hydrogen-bond acceptors (Lipinski definition) is 4. The lowest BCUT2D eigenvalue weighted by Gasteiger charge is -2.08. The number of hydrogen-bond donors (Lipinski definition) is 4. The maximum absolute atomic E-state index is 13.0. The zero-order valence-corrected chi connectivity index (χ0v) is 14.6. The molecule has 1 aromatic heterocycles. The van der Waals surface area contributed by atoms with Gasteiger partial charge in [-0.2, -0.15) is 0 Å². The summed E-state index contributed by atoms with van der Waals surface area (Å²) in [4.78, 5) is 30.5. The number of anilines is 2. The zero-order valence-electron chi connectivity index (χ0n) is 14.6. The van der Waals surface area contributed by atoms with Gasteiger partial charge >= 0.3 is 0 Å². The molecule has 0 bridgehead atoms. The molecule has 7 nitrogen and oxygen atoms in total. The van der Waals surface area contributed by atoms with Gasteiger partial charge in [-0.3, -0.25) is 9.59 Å². The van der Waals surface area contributed by atoms with Crippen molar-refractivity contribution in [2.24, 2.45) is 0 Å². The standard InChI is InChI=1S/C18H24FN5O2/c19-13-6-7-16(15(20)10-13)24-18(26)5-3-1-2-4-17(25)22-9-8-14-11-21-12-23-14/h6-7,10-12H,1-5,8-9,20H2,(H,21,23)(H,22,25)(H,24,26). The molecule has 0 atom stereocenters. The van der Waals surface area contributed by atoms with Crippen LogP contribution in [0, 0.1) is 5.82 Å². The normalized spacial score (nSPS) is 10.5. The van der Waals surface area contributed by atoms with Gasteiger partial charge in [0.2, 0.25) is 11.8 Å². The Kier molecular flexibility index (Phi) is 7.60. The highest BCUT2D eigenvalue weighted by Gasteiger charge is 2.07. The number of nitrogens with one attached hydrogen (secondary N) is 3. The van der Waals surface area contributed by atoms with E-state index in [9.17, 15) is 14.0 Å². The van der Waals surface area contributed by atoms with Crippen molar-refractivity contribution < 1.29 is 14.0 Å². The molecule has 8 heteroatoms. The lowest BCUT2D eigenvalue weighted by molar-refractivity contribution is -0.121. The van der Waals surface area contributed by atoms with Crippen molar-refractivity contribution in [3.63, 3.8) is 0 Å². The molecule has 140 valence electrons. The Labute approximate surface area is 151 Å². The molecule has 0 saturated carbocycles. The highest BCUT2D eigenvalue weighted by atomic mass is 19.1. The van der Waals surface area contributed by atoms with Crippen LogP contribution in [0.1, 0.15) is 37.8 Å². The van der Waals surface area contributed by atoms with E-state index in [0.29, 0.717) is 31.5 Å². The molecule has 0 aliphatic heterocycles. The highest BCUT2D eigenvalue weighted by molar-refractivity contribution is 5.93. The number of rotatable bonds is 10. The number of H-pyrrole nitrogens is 1. The molecule has 1 aromatic carbocycles. The summed E-state index contributed by atoms with van der Waals surface area (Å²) in [6.07, 6.45) is 7.01. The molecular formula is C18H24FN5O2. The number of carbonyl (C=O) groups excluding carboxylic acids is 2. The predicted octanol–water partition coefficient (Wildman–Crippen LogP) is 2.38. The molecule has 2 aromatic rings. The lowest BCUT2D eigenvalue weighted by atomic mass is 10.1. The summed E-state index contributed by atoms with van der Waals surface area (Å²) in [5.41, 5.74) is 7.24. The highest BCUT2D eigenvalue weighted by Crippen LogP contribution is 2.19. The third kappa shape index (κ3) is 6.92. The van der Waals surface area contributed by atoms with Crippen LogP contribution in [0.3, 0.4) is 0 Å². The Balaban J connectivity index is 1.52. The van der Waals surface area contributed by atoms with E-state index in [1.807, 2.05) is 0 Å². The number of nitrogens with zero attached hydrogens (tertiary/aromatic N) is 1. The van der Waals surface area contributed by atoms with E-state index < -0.39 is 5.82 Å². The maximum atomic E-state index is 13.0. The van der Waals surface area contributed by atoms with Gasteiger partial charge in [-0.25, -0.2) is 9.37 Å². The van der Waals surface area contributed by atoms with E-state index in [0.717, 1.165) is 25.0 Å². The summed E-state index contributed by atoms with van der Waals surface area (Å²) in [7, 11) is 0. The fraction of sp³-hybridized carbons (Fsp3) is 0.389. The van der Waals surface area contributed by atoms with Crippen LogP contribution < -0.4 is 16.4 Å². The summed E-state index contributed by atoms with van der Waals surface area (Å²) in [6, 6.07) is 3.85. The predicted molar refractivity (Wildman–Crippen MR) is 97.8 cm³/mol. The maximum Gasteiger partial charge on any atom is 0.224 e. The Morgan fingerprint density at radius 3 is 2.62 bits per heavy atom. The average molecular weight is 361 g/mol. The van der Waals surface area contributed by atoms with E-state index in [-0.39, 0.29) is 17.5 Å². The number of unbranched alkanes of at least 4 members (excludes halogenated alkanes) is 2. The summed E-state index contributed by atoms with van der Waals surface area (Å²) < 4.78 is 13.0. The molecule has 0 aliphatic carbocycles. The first-order chi connectivity index (χ1) is 12.5. The van der Waals surface area contributed by atoms with Crippen molar-refractivity contribution in [2.45, 2.75) is 38.5 Å². The molecule has 5 N–H and O–H groups in total. The first kappa shape index (κ1) is 19.4. The van der Waals surface area contributed by atoms with Crippen LogP contribution >= 0.6 is 0 Å². The van der Waals surface area contributed by atoms with Gasteiger partial charge in [0.1, 0.15) is 5.82 Å². The minimum Gasteiger partial charge on any atom is -0.397 e. The first-order valence-electron chi connectivity index (χ1n) is 8.63. The van der Waals surface area contributed by atoms with Crippen molar-refractivity contribution in [1.82, 2.24) is 15.3 Å². The summed E-state index contributed by atoms with van der Waals surface area (Å²) in [5, 5.41) is 5.51. The van der Waals surface area contributed by atoms with Crippen molar-refractivity contribution in [1.29, 1.82) is 0 Å². The SMILES string of the molecule is Nc1cc(F)ccc1NC(=O)CCCCCC(=O)NCCc1cnc[nH]1. The molecule has 1 heterocycles. The number of benzene rings is 1. The van der Waals surface area contributed by atoms with Gasteiger partial charge in [-0.05, 0) is 31.0 Å². The number of amides is 2. The molecule has 0 fully saturated rings. The fourth-order valence-corrected chi connectivity index (χ4v) is 2.45. The van der Waals surface area contributed by atoms with Crippen molar-refractivity contribution in [3.8, 4) is 0 Å². The molecular weight excluding hydrogens is 337 g/mol. The van der Waals surface area contributed by atoms with Gasteiger partial charge in [0, 0.05) is 37.7 Å². The number of aromatic nitrogens is 2. The van der Waals surface area contributed by atoms with Crippen LogP contribution in [0.15, 0.2) is 30.7 Å². The van der Waals surface area contributed by atoms with Crippen LogP contribution in [0.4, 0.5) is 15.8 Å². The summed E-state index contributed by atoms with van der Waals surface area (Å²) >= 11 is 0. The monoisotopic (exact) mass is 361 g/mol. The van der Waals surface area contributed by atoms with Crippen molar-refractivity contribution in [2.75, 3.05) is 17.6 Å². The smallest absolute Gasteiger partial charge is 0.224 e. The summed E-state index contributed by atoms with van der Waals surface area (Å²) in [6.45, 7) is 0.572. The van der Waals surface area contributed by atoms with E-state index in [1.54, 1.807) is 12.5 Å². The number of nitrogens with two attached hydrogens (primary N) is 1. The zero-order chi connectivity index (χ0) is 18.8. The number of aromatic amines is 1. The minimum atomic E-state index is -0.441. The quantitative estimate of drug-likeness (QED) is 0.384. The Morgan fingerprint density at radius 2 is 1.92 bits per heavy atom. The molecule has 2 rings (SSSR count). The lowest BCUT2D eigenvalue weighted by Crippen LogP contribution is -2.25. The second-order valence-electron chi connectivity index (χ2n) is 6.02. The van der Waals surface area contributed by atoms with Crippen LogP contribution in [0.2, 0.25) is 0 Å². The second kappa shape index (κ2) is 10.2. The summed E-state index contributed by atoms with van der Waals surface area (Å²) in [5.74, 6) is -0.608. The second-order valence-corrected chi connectivity index (χ2v) is 6.02. The Morgan fingerprint density at radius 1 is 1.15 bits per heavy atom. The van der Waals surface area contributed by atoms with Gasteiger partial charge in [0.15, 0.2) is 0 Å². The molecule has 26 heavy (non-hydrogen) atoms. The molecule has 0 radical (unpaired) electrons. The largest absolute Gasteiger partial charge is 0.397 e. The van der Waals surface area contributed by atoms with Crippen LogP contribution in [0.25, 0.3) is 0 Å². The van der Waals surface area contributed by atoms with E-state index in [1.165, 1.54) is 18.2 Å². The molecule has 0 spiro atoms. The van der Waals surface area contributed by atoms with Crippen molar-refractivity contribution >= 4 is 23.2 Å². The van der Waals surface area contributed by atoms with Crippen LogP contribution in [-0.2, 0) is 16.0 Å². The number of halogens is 1. The van der Waals surface area contributed by atoms with Gasteiger partial charge in [-0.1, -0.05) is 6.42 Å². The van der Waals surface area contributed by atoms with E-state index >= 15 is 0 Å². The van der Waals surface area contributed by atoms with Crippen LogP contribution in [0.5, 0.6) is 0 Å².